The van der Waals surface area contributed by atoms with Gasteiger partial charge in [0, 0.05) is 25.8 Å². The van der Waals surface area contributed by atoms with E-state index in [4.69, 9.17) is 0 Å². The van der Waals surface area contributed by atoms with Crippen molar-refractivity contribution in [3.8, 4) is 0 Å². The van der Waals surface area contributed by atoms with Crippen LogP contribution in [-0.2, 0) is 21.2 Å². The molecule has 0 saturated carbocycles. The van der Waals surface area contributed by atoms with E-state index in [1.165, 1.54) is 0 Å². The first-order valence-electron chi connectivity index (χ1n) is 8.56. The number of para-hydroxylation sites is 1. The fraction of sp³-hybridized carbons (Fsp3) is 0.389. The van der Waals surface area contributed by atoms with Crippen molar-refractivity contribution in [3.63, 3.8) is 0 Å². The summed E-state index contributed by atoms with van der Waals surface area (Å²) in [5.41, 5.74) is 1.53. The Morgan fingerprint density at radius 3 is 2.68 bits per heavy atom. The second-order valence-electron chi connectivity index (χ2n) is 6.82. The number of likely N-dealkylation sites (tertiary alicyclic amines) is 1. The molecule has 7 heteroatoms. The number of pyridine rings is 1. The lowest BCUT2D eigenvalue weighted by molar-refractivity contribution is 0.166. The predicted octanol–water partition coefficient (Wildman–Crippen LogP) is 2.04. The van der Waals surface area contributed by atoms with Crippen molar-refractivity contribution in [2.75, 3.05) is 25.0 Å². The molecule has 1 atom stereocenters. The standard InChI is InChI=1S/C18H22N4O2S/c23-25(24)17-7-2-1-6-16(17)21-18(14-20-25)8-11-22(12-9-18)13-15-5-3-4-10-19-15/h1-7,10,21H,8-9,11-14H2,(H-,20,23,24). The first-order chi connectivity index (χ1) is 12.1. The van der Waals surface area contributed by atoms with Gasteiger partial charge in [-0.2, -0.15) is 0 Å². The van der Waals surface area contributed by atoms with E-state index >= 15 is 0 Å². The summed E-state index contributed by atoms with van der Waals surface area (Å²) in [7, 11) is -3.45. The molecule has 4 rings (SSSR count). The van der Waals surface area contributed by atoms with E-state index in [2.05, 4.69) is 19.9 Å². The van der Waals surface area contributed by atoms with Gasteiger partial charge in [-0.15, -0.1) is 4.72 Å². The maximum absolute atomic E-state index is 12.5. The number of benzene rings is 1. The summed E-state index contributed by atoms with van der Waals surface area (Å²) in [6, 6.07) is 13.1. The van der Waals surface area contributed by atoms with E-state index in [1.807, 2.05) is 36.5 Å². The van der Waals surface area contributed by atoms with Gasteiger partial charge in [-0.1, -0.05) is 22.4 Å². The molecule has 1 fully saturated rings. The van der Waals surface area contributed by atoms with Crippen LogP contribution in [0.25, 0.3) is 0 Å². The highest BCUT2D eigenvalue weighted by molar-refractivity contribution is 7.96. The summed E-state index contributed by atoms with van der Waals surface area (Å²) in [4.78, 5) is 7.10. The zero-order valence-electron chi connectivity index (χ0n) is 14.0. The van der Waals surface area contributed by atoms with Gasteiger partial charge in [-0.05, 0) is 37.1 Å². The average molecular weight is 358 g/mol. The van der Waals surface area contributed by atoms with Crippen molar-refractivity contribution in [1.29, 1.82) is 0 Å². The Hall–Kier alpha value is -1.80. The molecule has 0 amide bonds. The van der Waals surface area contributed by atoms with Gasteiger partial charge >= 0.3 is 0 Å². The first kappa shape index (κ1) is 16.7. The maximum atomic E-state index is 12.5. The Morgan fingerprint density at radius 2 is 1.92 bits per heavy atom. The van der Waals surface area contributed by atoms with E-state index in [-0.39, 0.29) is 5.54 Å². The highest BCUT2D eigenvalue weighted by Crippen LogP contribution is 2.34. The molecular weight excluding hydrogens is 336 g/mol. The van der Waals surface area contributed by atoms with Crippen molar-refractivity contribution >= 4 is 16.1 Å². The smallest absolute Gasteiger partial charge is 0.198 e. The van der Waals surface area contributed by atoms with E-state index in [9.17, 15) is 8.76 Å². The molecule has 0 aliphatic carbocycles. The van der Waals surface area contributed by atoms with Crippen molar-refractivity contribution in [3.05, 3.63) is 54.4 Å². The molecule has 2 aliphatic rings. The summed E-state index contributed by atoms with van der Waals surface area (Å²) in [5, 5.41) is 3.53. The lowest BCUT2D eigenvalue weighted by Crippen LogP contribution is -2.54. The van der Waals surface area contributed by atoms with Crippen LogP contribution in [0.5, 0.6) is 0 Å². The average Bonchev–Trinajstić information content (AvgIpc) is 2.74. The van der Waals surface area contributed by atoms with Crippen LogP contribution in [0.15, 0.2) is 53.6 Å². The number of piperidine rings is 1. The molecule has 1 aromatic carbocycles. The van der Waals surface area contributed by atoms with Gasteiger partial charge in [0.2, 0.25) is 0 Å². The van der Waals surface area contributed by atoms with Gasteiger partial charge in [0.15, 0.2) is 15.3 Å². The molecular formula is C18H22N4O2S. The third-order valence-electron chi connectivity index (χ3n) is 5.10. The number of nitrogens with zero attached hydrogens (tertiary/aromatic N) is 2. The quantitative estimate of drug-likeness (QED) is 0.803. The van der Waals surface area contributed by atoms with Crippen LogP contribution < -0.4 is 10.0 Å². The van der Waals surface area contributed by atoms with Crippen LogP contribution in [-0.4, -0.2) is 39.6 Å². The molecule has 0 radical (unpaired) electrons. The zero-order chi connectivity index (χ0) is 17.3. The summed E-state index contributed by atoms with van der Waals surface area (Å²) < 4.78 is 27.7. The third-order valence-corrected chi connectivity index (χ3v) is 6.56. The lowest BCUT2D eigenvalue weighted by atomic mass is 9.87. The van der Waals surface area contributed by atoms with Gasteiger partial charge in [0.25, 0.3) is 0 Å². The number of hydrogen-bond donors (Lipinski definition) is 2. The summed E-state index contributed by atoms with van der Waals surface area (Å²) in [5.74, 6) is 0. The van der Waals surface area contributed by atoms with Crippen LogP contribution in [0.2, 0.25) is 0 Å². The second-order valence-corrected chi connectivity index (χ2v) is 8.56. The Labute approximate surface area is 149 Å². The van der Waals surface area contributed by atoms with Crippen molar-refractivity contribution < 1.29 is 8.76 Å². The topological polar surface area (TPSA) is 80.3 Å². The molecule has 1 spiro atoms. The third kappa shape index (κ3) is 3.46. The number of fused-ring (bicyclic) bond motifs is 1. The number of rotatable bonds is 2. The Balaban J connectivity index is 1.49. The molecule has 2 aromatic rings. The minimum Gasteiger partial charge on any atom is -0.593 e. The minimum absolute atomic E-state index is 0.236. The van der Waals surface area contributed by atoms with E-state index < -0.39 is 10.4 Å². The van der Waals surface area contributed by atoms with Crippen molar-refractivity contribution in [2.45, 2.75) is 29.8 Å². The van der Waals surface area contributed by atoms with Gasteiger partial charge in [0.1, 0.15) is 0 Å². The fourth-order valence-corrected chi connectivity index (χ4v) is 4.89. The summed E-state index contributed by atoms with van der Waals surface area (Å²) >= 11 is 0. The first-order valence-corrected chi connectivity index (χ1v) is 10.0. The number of anilines is 1. The Kier molecular flexibility index (Phi) is 4.33. The highest BCUT2D eigenvalue weighted by Gasteiger charge is 2.41. The van der Waals surface area contributed by atoms with Crippen LogP contribution in [0, 0.1) is 0 Å². The van der Waals surface area contributed by atoms with Gasteiger partial charge in [-0.3, -0.25) is 9.88 Å². The van der Waals surface area contributed by atoms with Crippen molar-refractivity contribution in [2.24, 2.45) is 0 Å². The molecule has 25 heavy (non-hydrogen) atoms. The van der Waals surface area contributed by atoms with Crippen LogP contribution >= 0.6 is 0 Å². The van der Waals surface area contributed by atoms with Gasteiger partial charge in [-0.25, -0.2) is 0 Å². The van der Waals surface area contributed by atoms with Crippen LogP contribution in [0.1, 0.15) is 18.5 Å². The highest BCUT2D eigenvalue weighted by atomic mass is 32.3. The molecule has 132 valence electrons. The van der Waals surface area contributed by atoms with E-state index in [1.54, 1.807) is 12.1 Å². The maximum Gasteiger partial charge on any atom is 0.198 e. The summed E-state index contributed by atoms with van der Waals surface area (Å²) in [6.45, 7) is 3.07. The second kappa shape index (κ2) is 6.49. The van der Waals surface area contributed by atoms with Crippen LogP contribution in [0.4, 0.5) is 5.69 Å². The molecule has 1 unspecified atom stereocenters. The molecule has 2 aliphatic heterocycles. The lowest BCUT2D eigenvalue weighted by Gasteiger charge is -2.41. The molecule has 2 N–H and O–H groups in total. The van der Waals surface area contributed by atoms with Crippen LogP contribution in [0.3, 0.4) is 0 Å². The molecule has 6 nitrogen and oxygen atoms in total. The van der Waals surface area contributed by atoms with E-state index in [0.717, 1.165) is 38.2 Å². The minimum atomic E-state index is -3.45. The van der Waals surface area contributed by atoms with Gasteiger partial charge in [0.05, 0.1) is 23.5 Å². The number of aromatic nitrogens is 1. The summed E-state index contributed by atoms with van der Waals surface area (Å²) in [6.07, 6.45) is 3.59. The number of nitrogens with one attached hydrogen (secondary N) is 2. The molecule has 1 saturated heterocycles. The fourth-order valence-electron chi connectivity index (χ4n) is 3.61. The van der Waals surface area contributed by atoms with Gasteiger partial charge < -0.3 is 9.87 Å². The molecule has 3 heterocycles. The van der Waals surface area contributed by atoms with Crippen molar-refractivity contribution in [1.82, 2.24) is 14.6 Å². The molecule has 1 aromatic heterocycles. The zero-order valence-corrected chi connectivity index (χ0v) is 14.8. The predicted molar refractivity (Wildman–Crippen MR) is 96.6 cm³/mol. The number of hydrogen-bond acceptors (Lipinski definition) is 5. The normalized spacial score (nSPS) is 25.8. The Morgan fingerprint density at radius 1 is 1.16 bits per heavy atom. The molecule has 0 bridgehead atoms. The monoisotopic (exact) mass is 358 g/mol. The Bertz CT molecular complexity index is 791. The largest absolute Gasteiger partial charge is 0.593 e. The SMILES string of the molecule is O=[S+]1([O-])NCC2(CCN(Cc3ccccn3)CC2)Nc2ccccc21. The van der Waals surface area contributed by atoms with E-state index in [0.29, 0.717) is 17.1 Å². The number of sulfonamides is 1.